The van der Waals surface area contributed by atoms with Crippen molar-refractivity contribution in [1.82, 2.24) is 10.2 Å². The molecule has 0 aromatic carbocycles. The molecular formula is C14H24N2O2. The topological polar surface area (TPSA) is 37.6 Å². The quantitative estimate of drug-likeness (QED) is 0.836. The summed E-state index contributed by atoms with van der Waals surface area (Å²) < 4.78 is 11.0. The van der Waals surface area contributed by atoms with E-state index in [1.165, 1.54) is 0 Å². The molecule has 1 aromatic heterocycles. The molecule has 1 N–H and O–H groups in total. The summed E-state index contributed by atoms with van der Waals surface area (Å²) in [5, 5.41) is 3.41. The molecule has 2 atom stereocenters. The molecule has 2 heterocycles. The van der Waals surface area contributed by atoms with Gasteiger partial charge < -0.3 is 14.5 Å². The van der Waals surface area contributed by atoms with Crippen molar-refractivity contribution in [2.45, 2.75) is 25.9 Å². The van der Waals surface area contributed by atoms with E-state index in [2.05, 4.69) is 17.1 Å². The van der Waals surface area contributed by atoms with Crippen molar-refractivity contribution < 1.29 is 9.15 Å². The van der Waals surface area contributed by atoms with E-state index in [1.54, 1.807) is 6.26 Å². The molecule has 0 aliphatic carbocycles. The van der Waals surface area contributed by atoms with Crippen molar-refractivity contribution >= 4 is 0 Å². The summed E-state index contributed by atoms with van der Waals surface area (Å²) in [7, 11) is 2.05. The maximum Gasteiger partial charge on any atom is 0.117 e. The van der Waals surface area contributed by atoms with Gasteiger partial charge in [0.2, 0.25) is 0 Å². The van der Waals surface area contributed by atoms with Gasteiger partial charge in [-0.05, 0) is 32.1 Å². The third kappa shape index (κ3) is 3.57. The number of hydrogen-bond acceptors (Lipinski definition) is 4. The molecule has 0 saturated carbocycles. The highest BCUT2D eigenvalue weighted by molar-refractivity contribution is 4.98. The summed E-state index contributed by atoms with van der Waals surface area (Å²) in [5.41, 5.74) is 0. The molecule has 1 aliphatic rings. The third-order valence-corrected chi connectivity index (χ3v) is 3.74. The number of rotatable bonds is 6. The van der Waals surface area contributed by atoms with Crippen LogP contribution in [0.3, 0.4) is 0 Å². The lowest BCUT2D eigenvalue weighted by atomic mass is 9.95. The molecular weight excluding hydrogens is 228 g/mol. The summed E-state index contributed by atoms with van der Waals surface area (Å²) in [6, 6.07) is 4.56. The Labute approximate surface area is 109 Å². The molecule has 2 unspecified atom stereocenters. The van der Waals surface area contributed by atoms with Gasteiger partial charge in [0.25, 0.3) is 0 Å². The van der Waals surface area contributed by atoms with E-state index in [0.717, 1.165) is 45.0 Å². The molecule has 1 aliphatic heterocycles. The number of ether oxygens (including phenoxy) is 1. The summed E-state index contributed by atoms with van der Waals surface area (Å²) >= 11 is 0. The lowest BCUT2D eigenvalue weighted by Crippen LogP contribution is -2.46. The van der Waals surface area contributed by atoms with Crippen LogP contribution in [0.5, 0.6) is 0 Å². The zero-order chi connectivity index (χ0) is 12.8. The fraction of sp³-hybridized carbons (Fsp3) is 0.714. The Hall–Kier alpha value is -0.840. The molecule has 102 valence electrons. The van der Waals surface area contributed by atoms with Crippen LogP contribution in [-0.4, -0.2) is 44.3 Å². The van der Waals surface area contributed by atoms with E-state index in [4.69, 9.17) is 9.15 Å². The van der Waals surface area contributed by atoms with Crippen LogP contribution in [0.25, 0.3) is 0 Å². The van der Waals surface area contributed by atoms with Gasteiger partial charge in [-0.25, -0.2) is 0 Å². The summed E-state index contributed by atoms with van der Waals surface area (Å²) in [4.78, 5) is 2.42. The Bertz CT molecular complexity index is 327. The van der Waals surface area contributed by atoms with E-state index in [-0.39, 0.29) is 0 Å². The Morgan fingerprint density at radius 2 is 2.39 bits per heavy atom. The number of nitrogens with one attached hydrogen (secondary N) is 1. The SMILES string of the molecule is CCN(Cc1ccco1)CC1COCCC1NC. The van der Waals surface area contributed by atoms with Crippen LogP contribution in [0.4, 0.5) is 0 Å². The lowest BCUT2D eigenvalue weighted by Gasteiger charge is -2.34. The van der Waals surface area contributed by atoms with E-state index in [1.807, 2.05) is 19.2 Å². The average molecular weight is 252 g/mol. The largest absolute Gasteiger partial charge is 0.468 e. The van der Waals surface area contributed by atoms with E-state index in [0.29, 0.717) is 12.0 Å². The van der Waals surface area contributed by atoms with Gasteiger partial charge in [0.05, 0.1) is 19.4 Å². The summed E-state index contributed by atoms with van der Waals surface area (Å²) in [6.45, 7) is 6.92. The van der Waals surface area contributed by atoms with Gasteiger partial charge in [-0.2, -0.15) is 0 Å². The second-order valence-electron chi connectivity index (χ2n) is 4.93. The number of nitrogens with zero attached hydrogens (tertiary/aromatic N) is 1. The van der Waals surface area contributed by atoms with Crippen LogP contribution in [0.1, 0.15) is 19.1 Å². The Morgan fingerprint density at radius 3 is 3.06 bits per heavy atom. The highest BCUT2D eigenvalue weighted by atomic mass is 16.5. The molecule has 2 rings (SSSR count). The molecule has 18 heavy (non-hydrogen) atoms. The molecule has 0 amide bonds. The van der Waals surface area contributed by atoms with Crippen LogP contribution in [-0.2, 0) is 11.3 Å². The Kier molecular flexibility index (Phi) is 5.23. The average Bonchev–Trinajstić information content (AvgIpc) is 2.91. The first-order valence-electron chi connectivity index (χ1n) is 6.83. The lowest BCUT2D eigenvalue weighted by molar-refractivity contribution is 0.0172. The zero-order valence-electron chi connectivity index (χ0n) is 11.4. The minimum Gasteiger partial charge on any atom is -0.468 e. The van der Waals surface area contributed by atoms with E-state index < -0.39 is 0 Å². The fourth-order valence-electron chi connectivity index (χ4n) is 2.62. The van der Waals surface area contributed by atoms with Crippen molar-refractivity contribution in [3.8, 4) is 0 Å². The maximum absolute atomic E-state index is 5.60. The second-order valence-corrected chi connectivity index (χ2v) is 4.93. The van der Waals surface area contributed by atoms with Gasteiger partial charge in [-0.1, -0.05) is 6.92 Å². The van der Waals surface area contributed by atoms with Crippen molar-refractivity contribution in [3.63, 3.8) is 0 Å². The van der Waals surface area contributed by atoms with Gasteiger partial charge in [0.1, 0.15) is 5.76 Å². The van der Waals surface area contributed by atoms with Crippen molar-refractivity contribution in [2.24, 2.45) is 5.92 Å². The summed E-state index contributed by atoms with van der Waals surface area (Å²) in [6.07, 6.45) is 2.85. The van der Waals surface area contributed by atoms with Crippen LogP contribution in [0.2, 0.25) is 0 Å². The molecule has 4 heteroatoms. The van der Waals surface area contributed by atoms with Crippen LogP contribution in [0, 0.1) is 5.92 Å². The minimum atomic E-state index is 0.568. The molecule has 0 spiro atoms. The molecule has 1 aromatic rings. The number of hydrogen-bond donors (Lipinski definition) is 1. The monoisotopic (exact) mass is 252 g/mol. The molecule has 1 saturated heterocycles. The van der Waals surface area contributed by atoms with E-state index in [9.17, 15) is 0 Å². The zero-order valence-corrected chi connectivity index (χ0v) is 11.4. The van der Waals surface area contributed by atoms with Crippen LogP contribution < -0.4 is 5.32 Å². The first-order valence-corrected chi connectivity index (χ1v) is 6.83. The van der Waals surface area contributed by atoms with Gasteiger partial charge >= 0.3 is 0 Å². The van der Waals surface area contributed by atoms with Gasteiger partial charge in [0, 0.05) is 25.1 Å². The summed E-state index contributed by atoms with van der Waals surface area (Å²) in [5.74, 6) is 1.60. The van der Waals surface area contributed by atoms with Gasteiger partial charge in [-0.3, -0.25) is 4.90 Å². The normalized spacial score (nSPS) is 24.6. The number of furan rings is 1. The van der Waals surface area contributed by atoms with Crippen LogP contribution in [0.15, 0.2) is 22.8 Å². The Balaban J connectivity index is 1.88. The molecule has 0 bridgehead atoms. The minimum absolute atomic E-state index is 0.568. The highest BCUT2D eigenvalue weighted by Gasteiger charge is 2.26. The Morgan fingerprint density at radius 1 is 1.50 bits per heavy atom. The highest BCUT2D eigenvalue weighted by Crippen LogP contribution is 2.17. The standard InChI is InChI=1S/C14H24N2O2/c1-3-16(10-13-5-4-7-18-13)9-12-11-17-8-6-14(12)15-2/h4-5,7,12,14-15H,3,6,8-11H2,1-2H3. The molecule has 1 fully saturated rings. The first kappa shape index (κ1) is 13.6. The van der Waals surface area contributed by atoms with E-state index >= 15 is 0 Å². The van der Waals surface area contributed by atoms with Crippen molar-refractivity contribution in [1.29, 1.82) is 0 Å². The molecule has 0 radical (unpaired) electrons. The molecule has 4 nitrogen and oxygen atoms in total. The maximum atomic E-state index is 5.60. The predicted molar refractivity (Wildman–Crippen MR) is 71.4 cm³/mol. The smallest absolute Gasteiger partial charge is 0.117 e. The second kappa shape index (κ2) is 6.92. The van der Waals surface area contributed by atoms with Crippen molar-refractivity contribution in [3.05, 3.63) is 24.2 Å². The fourth-order valence-corrected chi connectivity index (χ4v) is 2.62. The van der Waals surface area contributed by atoms with Gasteiger partial charge in [-0.15, -0.1) is 0 Å². The predicted octanol–water partition coefficient (Wildman–Crippen LogP) is 1.73. The third-order valence-electron chi connectivity index (χ3n) is 3.74. The first-order chi connectivity index (χ1) is 8.83. The van der Waals surface area contributed by atoms with Gasteiger partial charge in [0.15, 0.2) is 0 Å². The van der Waals surface area contributed by atoms with Crippen LogP contribution >= 0.6 is 0 Å². The van der Waals surface area contributed by atoms with Crippen molar-refractivity contribution in [2.75, 3.05) is 33.4 Å².